The van der Waals surface area contributed by atoms with Crippen LogP contribution in [0.1, 0.15) is 6.42 Å². The summed E-state index contributed by atoms with van der Waals surface area (Å²) in [4.78, 5) is 12.4. The van der Waals surface area contributed by atoms with E-state index in [2.05, 4.69) is 16.6 Å². The zero-order valence-electron chi connectivity index (χ0n) is 4.24. The van der Waals surface area contributed by atoms with Crippen LogP contribution in [0.15, 0.2) is 17.8 Å². The van der Waals surface area contributed by atoms with Gasteiger partial charge in [-0.05, 0) is 10.6 Å². The Morgan fingerprint density at radius 2 is 2.62 bits per heavy atom. The molecule has 0 spiro atoms. The molecule has 0 aromatic carbocycles. The lowest BCUT2D eigenvalue weighted by Crippen LogP contribution is -1.84. The summed E-state index contributed by atoms with van der Waals surface area (Å²) in [5.74, 6) is -0.498. The number of hydrogen-bond donors (Lipinski definition) is 0. The molecule has 0 saturated carbocycles. The molecule has 4 heteroatoms. The normalized spacial score (nSPS) is 7.00. The molecule has 1 amide bonds. The van der Waals surface area contributed by atoms with E-state index in [9.17, 15) is 4.79 Å². The number of azide groups is 1. The maximum Gasteiger partial charge on any atom is 0.222 e. The maximum atomic E-state index is 10.2. The Morgan fingerprint density at radius 3 is 3.00 bits per heavy atom. The molecule has 0 aliphatic rings. The molecule has 0 aromatic rings. The lowest BCUT2D eigenvalue weighted by atomic mass is 10.4. The Morgan fingerprint density at radius 1 is 2.00 bits per heavy atom. The third-order valence-corrected chi connectivity index (χ3v) is 0.475. The van der Waals surface area contributed by atoms with Gasteiger partial charge in [0.05, 0.1) is 0 Å². The van der Waals surface area contributed by atoms with Crippen molar-refractivity contribution in [2.24, 2.45) is 5.11 Å². The molecule has 42 valence electrons. The first-order valence-corrected chi connectivity index (χ1v) is 2.00. The lowest BCUT2D eigenvalue weighted by Gasteiger charge is -1.76. The Kier molecular flexibility index (Phi) is 3.27. The average Bonchev–Trinajstić information content (AvgIpc) is 1.68. The van der Waals surface area contributed by atoms with Crippen LogP contribution in [0, 0.1) is 0 Å². The summed E-state index contributed by atoms with van der Waals surface area (Å²) >= 11 is 0. The topological polar surface area (TPSA) is 65.8 Å². The van der Waals surface area contributed by atoms with Crippen LogP contribution in [0.5, 0.6) is 0 Å². The Bertz CT molecular complexity index is 145. The second-order valence-corrected chi connectivity index (χ2v) is 1.08. The van der Waals surface area contributed by atoms with Crippen molar-refractivity contribution >= 4 is 5.91 Å². The summed E-state index contributed by atoms with van der Waals surface area (Å²) in [7, 11) is 0. The Hall–Kier alpha value is -1.28. The largest absolute Gasteiger partial charge is 0.292 e. The van der Waals surface area contributed by atoms with Gasteiger partial charge in [-0.3, -0.25) is 4.79 Å². The fraction of sp³-hybridized carbons (Fsp3) is 0.250. The van der Waals surface area contributed by atoms with Gasteiger partial charge in [0.2, 0.25) is 5.91 Å². The number of rotatable bonds is 2. The highest BCUT2D eigenvalue weighted by atomic mass is 16.1. The average molecular weight is 111 g/mol. The van der Waals surface area contributed by atoms with Gasteiger partial charge < -0.3 is 0 Å². The molecule has 0 bridgehead atoms. The van der Waals surface area contributed by atoms with Crippen molar-refractivity contribution in [1.29, 1.82) is 0 Å². The summed E-state index contributed by atoms with van der Waals surface area (Å²) < 4.78 is 0. The van der Waals surface area contributed by atoms with E-state index in [0.29, 0.717) is 0 Å². The van der Waals surface area contributed by atoms with Crippen LogP contribution in [0.2, 0.25) is 0 Å². The minimum atomic E-state index is -0.498. The van der Waals surface area contributed by atoms with E-state index >= 15 is 0 Å². The second-order valence-electron chi connectivity index (χ2n) is 1.08. The van der Waals surface area contributed by atoms with Crippen molar-refractivity contribution in [3.05, 3.63) is 23.1 Å². The molecular weight excluding hydrogens is 106 g/mol. The second kappa shape index (κ2) is 3.89. The molecule has 0 fully saturated rings. The van der Waals surface area contributed by atoms with Gasteiger partial charge in [0, 0.05) is 11.3 Å². The van der Waals surface area contributed by atoms with E-state index in [0.717, 1.165) is 0 Å². The van der Waals surface area contributed by atoms with E-state index in [-0.39, 0.29) is 6.42 Å². The Labute approximate surface area is 46.4 Å². The molecule has 0 unspecified atom stereocenters. The molecule has 0 aliphatic heterocycles. The monoisotopic (exact) mass is 111 g/mol. The summed E-state index contributed by atoms with van der Waals surface area (Å²) in [6, 6.07) is 0. The van der Waals surface area contributed by atoms with Gasteiger partial charge in [0.1, 0.15) is 0 Å². The van der Waals surface area contributed by atoms with Gasteiger partial charge >= 0.3 is 0 Å². The Balaban J connectivity index is 3.65. The van der Waals surface area contributed by atoms with Crippen molar-refractivity contribution in [2.75, 3.05) is 0 Å². The quantitative estimate of drug-likeness (QED) is 0.230. The third kappa shape index (κ3) is 2.93. The molecule has 0 saturated heterocycles. The molecular formula is C4H5N3O. The van der Waals surface area contributed by atoms with Crippen molar-refractivity contribution in [2.45, 2.75) is 6.42 Å². The molecule has 0 atom stereocenters. The minimum absolute atomic E-state index is 0.115. The molecule has 0 radical (unpaired) electrons. The van der Waals surface area contributed by atoms with Crippen LogP contribution in [0.4, 0.5) is 0 Å². The summed E-state index contributed by atoms with van der Waals surface area (Å²) in [6.45, 7) is 3.28. The number of nitrogens with zero attached hydrogens (tertiary/aromatic N) is 3. The van der Waals surface area contributed by atoms with Crippen LogP contribution < -0.4 is 0 Å². The molecule has 0 aromatic heterocycles. The molecule has 8 heavy (non-hydrogen) atoms. The third-order valence-electron chi connectivity index (χ3n) is 0.475. The number of carbonyl (C=O) groups excluding carboxylic acids is 1. The van der Waals surface area contributed by atoms with Crippen LogP contribution in [0.25, 0.3) is 10.4 Å². The van der Waals surface area contributed by atoms with Gasteiger partial charge in [-0.1, -0.05) is 6.08 Å². The molecule has 0 N–H and O–H groups in total. The fourth-order valence-electron chi connectivity index (χ4n) is 0.214. The van der Waals surface area contributed by atoms with Gasteiger partial charge in [-0.25, -0.2) is 0 Å². The SMILES string of the molecule is C=CCC(=O)N=[N+]=[N-]. The zero-order valence-corrected chi connectivity index (χ0v) is 4.24. The van der Waals surface area contributed by atoms with Crippen LogP contribution >= 0.6 is 0 Å². The van der Waals surface area contributed by atoms with E-state index in [4.69, 9.17) is 5.53 Å². The fourth-order valence-corrected chi connectivity index (χ4v) is 0.214. The first kappa shape index (κ1) is 6.72. The lowest BCUT2D eigenvalue weighted by molar-refractivity contribution is -0.117. The summed E-state index contributed by atoms with van der Waals surface area (Å²) in [5.41, 5.74) is 7.67. The first-order chi connectivity index (χ1) is 3.81. The van der Waals surface area contributed by atoms with Crippen LogP contribution in [-0.2, 0) is 4.79 Å². The van der Waals surface area contributed by atoms with Crippen molar-refractivity contribution in [3.8, 4) is 0 Å². The predicted molar refractivity (Wildman–Crippen MR) is 29.0 cm³/mol. The summed E-state index contributed by atoms with van der Waals surface area (Å²) in [5, 5.41) is 2.78. The van der Waals surface area contributed by atoms with Crippen LogP contribution in [0.3, 0.4) is 0 Å². The smallest absolute Gasteiger partial charge is 0.222 e. The molecule has 0 aliphatic carbocycles. The maximum absolute atomic E-state index is 10.2. The van der Waals surface area contributed by atoms with E-state index < -0.39 is 5.91 Å². The highest BCUT2D eigenvalue weighted by Gasteiger charge is 1.88. The minimum Gasteiger partial charge on any atom is -0.292 e. The predicted octanol–water partition coefficient (Wildman–Crippen LogP) is 1.40. The van der Waals surface area contributed by atoms with Crippen LogP contribution in [-0.4, -0.2) is 5.91 Å². The molecule has 4 nitrogen and oxygen atoms in total. The standard InChI is InChI=1S/C4H5N3O/c1-2-3-4(8)6-7-5/h2H,1,3H2. The highest BCUT2D eigenvalue weighted by molar-refractivity contribution is 5.78. The molecule has 0 rings (SSSR count). The number of carbonyl (C=O) groups is 1. The molecule has 0 heterocycles. The van der Waals surface area contributed by atoms with E-state index in [1.54, 1.807) is 0 Å². The van der Waals surface area contributed by atoms with Crippen molar-refractivity contribution in [3.63, 3.8) is 0 Å². The number of amides is 1. The van der Waals surface area contributed by atoms with Crippen molar-refractivity contribution in [1.82, 2.24) is 0 Å². The highest BCUT2D eigenvalue weighted by Crippen LogP contribution is 1.83. The van der Waals surface area contributed by atoms with Gasteiger partial charge in [0.15, 0.2) is 0 Å². The van der Waals surface area contributed by atoms with E-state index in [1.165, 1.54) is 6.08 Å². The zero-order chi connectivity index (χ0) is 6.41. The van der Waals surface area contributed by atoms with Gasteiger partial charge in [0.25, 0.3) is 0 Å². The van der Waals surface area contributed by atoms with Gasteiger partial charge in [-0.15, -0.1) is 6.58 Å². The summed E-state index contributed by atoms with van der Waals surface area (Å²) in [6.07, 6.45) is 1.50. The first-order valence-electron chi connectivity index (χ1n) is 2.00. The van der Waals surface area contributed by atoms with Crippen molar-refractivity contribution < 1.29 is 4.79 Å². The van der Waals surface area contributed by atoms with E-state index in [1.807, 2.05) is 0 Å². The van der Waals surface area contributed by atoms with Gasteiger partial charge in [-0.2, -0.15) is 0 Å². The number of hydrogen-bond acceptors (Lipinski definition) is 1.